The first-order valence-electron chi connectivity index (χ1n) is 8.41. The number of aromatic nitrogens is 1. The van der Waals surface area contributed by atoms with Crippen molar-refractivity contribution in [1.82, 2.24) is 9.88 Å². The zero-order valence-corrected chi connectivity index (χ0v) is 14.2. The number of nitrogens with zero attached hydrogens (tertiary/aromatic N) is 1. The van der Waals surface area contributed by atoms with Gasteiger partial charge in [0.25, 0.3) is 11.5 Å². The van der Waals surface area contributed by atoms with Crippen LogP contribution in [0.3, 0.4) is 0 Å². The van der Waals surface area contributed by atoms with Crippen LogP contribution < -0.4 is 10.9 Å². The molecule has 1 aromatic heterocycles. The molecule has 1 atom stereocenters. The maximum absolute atomic E-state index is 12.2. The van der Waals surface area contributed by atoms with E-state index in [4.69, 9.17) is 0 Å². The zero-order chi connectivity index (χ0) is 18.4. The maximum atomic E-state index is 12.2. The van der Waals surface area contributed by atoms with Crippen LogP contribution in [0.4, 0.5) is 0 Å². The average Bonchev–Trinajstić information content (AvgIpc) is 2.69. The molecule has 0 spiro atoms. The fraction of sp³-hybridized carbons (Fsp3) is 0.143. The smallest absolute Gasteiger partial charge is 0.251 e. The molecule has 0 saturated heterocycles. The van der Waals surface area contributed by atoms with E-state index in [1.165, 1.54) is 10.6 Å². The van der Waals surface area contributed by atoms with E-state index in [0.717, 1.165) is 11.1 Å². The van der Waals surface area contributed by atoms with Gasteiger partial charge in [-0.2, -0.15) is 0 Å². The Morgan fingerprint density at radius 1 is 0.923 bits per heavy atom. The van der Waals surface area contributed by atoms with E-state index in [1.807, 2.05) is 42.5 Å². The van der Waals surface area contributed by atoms with Crippen molar-refractivity contribution in [3.63, 3.8) is 0 Å². The molecule has 132 valence electrons. The monoisotopic (exact) mass is 348 g/mol. The minimum absolute atomic E-state index is 0.0700. The number of rotatable bonds is 6. The fourth-order valence-corrected chi connectivity index (χ4v) is 2.66. The Morgan fingerprint density at radius 3 is 2.27 bits per heavy atom. The fourth-order valence-electron chi connectivity index (χ4n) is 2.66. The number of hydrogen-bond donors (Lipinski definition) is 2. The second-order valence-electron chi connectivity index (χ2n) is 6.00. The molecule has 3 rings (SSSR count). The summed E-state index contributed by atoms with van der Waals surface area (Å²) in [5.41, 5.74) is 2.46. The Balaban J connectivity index is 1.56. The van der Waals surface area contributed by atoms with Gasteiger partial charge in [-0.15, -0.1) is 0 Å². The molecule has 0 saturated carbocycles. The van der Waals surface area contributed by atoms with Gasteiger partial charge in [0.15, 0.2) is 0 Å². The lowest BCUT2D eigenvalue weighted by Crippen LogP contribution is -2.36. The lowest BCUT2D eigenvalue weighted by molar-refractivity contribution is 0.0903. The Morgan fingerprint density at radius 2 is 1.58 bits per heavy atom. The SMILES string of the molecule is O=C(NCC(O)Cn1ccccc1=O)c1ccc(-c2ccccc2)cc1. The molecule has 2 aromatic carbocycles. The van der Waals surface area contributed by atoms with Crippen LogP contribution in [0.1, 0.15) is 10.4 Å². The maximum Gasteiger partial charge on any atom is 0.251 e. The molecule has 26 heavy (non-hydrogen) atoms. The van der Waals surface area contributed by atoms with Gasteiger partial charge in [0.1, 0.15) is 0 Å². The molecule has 1 heterocycles. The third-order valence-corrected chi connectivity index (χ3v) is 4.06. The van der Waals surface area contributed by atoms with Crippen molar-refractivity contribution < 1.29 is 9.90 Å². The molecule has 0 fully saturated rings. The molecule has 1 unspecified atom stereocenters. The van der Waals surface area contributed by atoms with E-state index in [2.05, 4.69) is 5.32 Å². The van der Waals surface area contributed by atoms with Crippen LogP contribution >= 0.6 is 0 Å². The van der Waals surface area contributed by atoms with Crippen LogP contribution in [0, 0.1) is 0 Å². The predicted molar refractivity (Wildman–Crippen MR) is 101 cm³/mol. The first-order chi connectivity index (χ1) is 12.6. The summed E-state index contributed by atoms with van der Waals surface area (Å²) in [5, 5.41) is 12.7. The van der Waals surface area contributed by atoms with E-state index < -0.39 is 6.10 Å². The summed E-state index contributed by atoms with van der Waals surface area (Å²) in [7, 11) is 0. The molecule has 5 heteroatoms. The van der Waals surface area contributed by atoms with Crippen LogP contribution in [0.5, 0.6) is 0 Å². The highest BCUT2D eigenvalue weighted by Crippen LogP contribution is 2.19. The zero-order valence-electron chi connectivity index (χ0n) is 14.2. The van der Waals surface area contributed by atoms with E-state index in [0.29, 0.717) is 5.56 Å². The average molecular weight is 348 g/mol. The molecule has 0 aliphatic rings. The molecule has 0 aliphatic heterocycles. The lowest BCUT2D eigenvalue weighted by atomic mass is 10.0. The van der Waals surface area contributed by atoms with Gasteiger partial charge in [-0.3, -0.25) is 9.59 Å². The Bertz CT molecular complexity index is 918. The highest BCUT2D eigenvalue weighted by Gasteiger charge is 2.10. The summed E-state index contributed by atoms with van der Waals surface area (Å²) in [6.07, 6.45) is 0.762. The lowest BCUT2D eigenvalue weighted by Gasteiger charge is -2.13. The first kappa shape index (κ1) is 17.6. The van der Waals surface area contributed by atoms with Gasteiger partial charge >= 0.3 is 0 Å². The molecule has 0 bridgehead atoms. The van der Waals surface area contributed by atoms with Crippen LogP contribution in [-0.4, -0.2) is 28.2 Å². The number of pyridine rings is 1. The Labute approximate surface area is 151 Å². The van der Waals surface area contributed by atoms with Gasteiger partial charge in [0.2, 0.25) is 0 Å². The molecule has 0 aliphatic carbocycles. The van der Waals surface area contributed by atoms with Crippen LogP contribution in [0.25, 0.3) is 11.1 Å². The number of hydrogen-bond acceptors (Lipinski definition) is 3. The van der Waals surface area contributed by atoms with Crippen molar-refractivity contribution in [2.75, 3.05) is 6.54 Å². The Hall–Kier alpha value is -3.18. The summed E-state index contributed by atoms with van der Waals surface area (Å²) in [6.45, 7) is 0.202. The van der Waals surface area contributed by atoms with Gasteiger partial charge in [-0.1, -0.05) is 48.5 Å². The molecule has 2 N–H and O–H groups in total. The number of aliphatic hydroxyl groups excluding tert-OH is 1. The van der Waals surface area contributed by atoms with Gasteiger partial charge < -0.3 is 15.0 Å². The molecular formula is C21H20N2O3. The third kappa shape index (κ3) is 4.46. The largest absolute Gasteiger partial charge is 0.389 e. The minimum Gasteiger partial charge on any atom is -0.389 e. The third-order valence-electron chi connectivity index (χ3n) is 4.06. The standard InChI is InChI=1S/C21H20N2O3/c24-19(15-23-13-5-4-8-20(23)25)14-22-21(26)18-11-9-17(10-12-18)16-6-2-1-3-7-16/h1-13,19,24H,14-15H2,(H,22,26). The topological polar surface area (TPSA) is 71.3 Å². The summed E-state index contributed by atoms with van der Waals surface area (Å²) < 4.78 is 1.41. The van der Waals surface area contributed by atoms with E-state index in [1.54, 1.807) is 30.5 Å². The van der Waals surface area contributed by atoms with Crippen molar-refractivity contribution in [1.29, 1.82) is 0 Å². The summed E-state index contributed by atoms with van der Waals surface area (Å²) >= 11 is 0. The number of amides is 1. The highest BCUT2D eigenvalue weighted by molar-refractivity contribution is 5.94. The number of nitrogens with one attached hydrogen (secondary N) is 1. The van der Waals surface area contributed by atoms with Crippen LogP contribution in [-0.2, 0) is 6.54 Å². The number of carbonyl (C=O) groups excluding carboxylic acids is 1. The van der Waals surface area contributed by atoms with E-state index in [-0.39, 0.29) is 24.6 Å². The first-order valence-corrected chi connectivity index (χ1v) is 8.41. The van der Waals surface area contributed by atoms with Gasteiger partial charge in [0.05, 0.1) is 12.6 Å². The highest BCUT2D eigenvalue weighted by atomic mass is 16.3. The van der Waals surface area contributed by atoms with Gasteiger partial charge in [-0.05, 0) is 29.3 Å². The number of carbonyl (C=O) groups is 1. The summed E-state index contributed by atoms with van der Waals surface area (Å²) in [5.74, 6) is -0.260. The minimum atomic E-state index is -0.845. The van der Waals surface area contributed by atoms with E-state index in [9.17, 15) is 14.7 Å². The van der Waals surface area contributed by atoms with Crippen molar-refractivity contribution in [2.45, 2.75) is 12.6 Å². The second kappa shape index (κ2) is 8.27. The van der Waals surface area contributed by atoms with Crippen molar-refractivity contribution in [3.05, 3.63) is 94.9 Å². The Kier molecular flexibility index (Phi) is 5.61. The summed E-state index contributed by atoms with van der Waals surface area (Å²) in [4.78, 5) is 23.9. The number of aliphatic hydroxyl groups is 1. The molecule has 0 radical (unpaired) electrons. The quantitative estimate of drug-likeness (QED) is 0.718. The normalized spacial score (nSPS) is 11.7. The van der Waals surface area contributed by atoms with Gasteiger partial charge in [0, 0.05) is 24.4 Å². The molecule has 5 nitrogen and oxygen atoms in total. The number of benzene rings is 2. The van der Waals surface area contributed by atoms with Crippen molar-refractivity contribution in [2.24, 2.45) is 0 Å². The van der Waals surface area contributed by atoms with E-state index >= 15 is 0 Å². The van der Waals surface area contributed by atoms with Crippen LogP contribution in [0.15, 0.2) is 83.8 Å². The van der Waals surface area contributed by atoms with Gasteiger partial charge in [-0.25, -0.2) is 0 Å². The van der Waals surface area contributed by atoms with Crippen molar-refractivity contribution >= 4 is 5.91 Å². The van der Waals surface area contributed by atoms with Crippen molar-refractivity contribution in [3.8, 4) is 11.1 Å². The molecule has 1 amide bonds. The molecular weight excluding hydrogens is 328 g/mol. The second-order valence-corrected chi connectivity index (χ2v) is 6.00. The predicted octanol–water partition coefficient (Wildman–Crippen LogP) is 2.31. The summed E-state index contributed by atoms with van der Waals surface area (Å²) in [6, 6.07) is 22.0. The molecule has 3 aromatic rings. The van der Waals surface area contributed by atoms with Crippen LogP contribution in [0.2, 0.25) is 0 Å².